The Bertz CT molecular complexity index is 729. The Balaban J connectivity index is 2.13. The molecule has 1 aliphatic heterocycles. The van der Waals surface area contributed by atoms with Gasteiger partial charge in [-0.1, -0.05) is 48.5 Å². The number of anilines is 2. The van der Waals surface area contributed by atoms with Gasteiger partial charge in [0.25, 0.3) is 0 Å². The summed E-state index contributed by atoms with van der Waals surface area (Å²) in [7, 11) is -3.09. The fraction of sp³-hybridized carbons (Fsp3) is 0.294. The molecule has 0 bridgehead atoms. The average molecular weight is 385 g/mol. The van der Waals surface area contributed by atoms with Crippen LogP contribution in [0.3, 0.4) is 0 Å². The van der Waals surface area contributed by atoms with E-state index in [1.54, 1.807) is 16.4 Å². The van der Waals surface area contributed by atoms with Gasteiger partial charge in [0.05, 0.1) is 11.4 Å². The van der Waals surface area contributed by atoms with Gasteiger partial charge < -0.3 is 5.73 Å². The third-order valence-corrected chi connectivity index (χ3v) is 8.66. The van der Waals surface area contributed by atoms with E-state index in [2.05, 4.69) is 0 Å². The highest BCUT2D eigenvalue weighted by atomic mass is 35.5. The number of nitrogens with zero attached hydrogens (tertiary/aromatic N) is 1. The molecular formula is C17H21ClN2O2S2. The Kier molecular flexibility index (Phi) is 5.34. The Labute approximate surface area is 153 Å². The van der Waals surface area contributed by atoms with Crippen LogP contribution in [0.5, 0.6) is 0 Å². The third kappa shape index (κ3) is 3.27. The van der Waals surface area contributed by atoms with Gasteiger partial charge in [0.1, 0.15) is 4.58 Å². The fourth-order valence-corrected chi connectivity index (χ4v) is 7.11. The Morgan fingerprint density at radius 1 is 1.25 bits per heavy atom. The van der Waals surface area contributed by atoms with Crippen molar-refractivity contribution in [1.82, 2.24) is 0 Å². The Morgan fingerprint density at radius 3 is 2.71 bits per heavy atom. The lowest BCUT2D eigenvalue weighted by atomic mass is 10.1. The number of nitrogens with two attached hydrogens (primary N) is 1. The molecule has 0 spiro atoms. The molecule has 2 unspecified atom stereocenters. The summed E-state index contributed by atoms with van der Waals surface area (Å²) in [5.74, 6) is 0.0695. The summed E-state index contributed by atoms with van der Waals surface area (Å²) < 4.78 is 23.6. The normalized spacial score (nSPS) is 21.9. The first-order valence-corrected chi connectivity index (χ1v) is 10.6. The first-order valence-electron chi connectivity index (χ1n) is 7.74. The number of thioether (sulfide) groups is 1. The highest BCUT2D eigenvalue weighted by Gasteiger charge is 2.42. The van der Waals surface area contributed by atoms with Crippen molar-refractivity contribution in [2.24, 2.45) is 11.7 Å². The van der Waals surface area contributed by atoms with Gasteiger partial charge in [0, 0.05) is 9.92 Å². The molecule has 1 aliphatic rings. The van der Waals surface area contributed by atoms with Crippen LogP contribution in [0.25, 0.3) is 0 Å². The van der Waals surface area contributed by atoms with Crippen LogP contribution in [-0.2, 0) is 0 Å². The van der Waals surface area contributed by atoms with Gasteiger partial charge in [0.2, 0.25) is 0 Å². The second kappa shape index (κ2) is 7.15. The smallest absolute Gasteiger partial charge is 0.121 e. The van der Waals surface area contributed by atoms with Gasteiger partial charge in [0.15, 0.2) is 0 Å². The van der Waals surface area contributed by atoms with Crippen molar-refractivity contribution in [3.05, 3.63) is 53.6 Å². The van der Waals surface area contributed by atoms with Crippen molar-refractivity contribution >= 4 is 45.5 Å². The molecule has 4 N–H and O–H groups in total. The molecule has 2 aromatic rings. The van der Waals surface area contributed by atoms with E-state index >= 15 is 0 Å². The fourth-order valence-electron chi connectivity index (χ4n) is 2.89. The maximum Gasteiger partial charge on any atom is 0.121 e. The molecule has 0 aromatic heterocycles. The lowest BCUT2D eigenvalue weighted by Gasteiger charge is -2.53. The molecule has 4 nitrogen and oxygen atoms in total. The van der Waals surface area contributed by atoms with Crippen LogP contribution in [0.4, 0.5) is 11.4 Å². The first kappa shape index (κ1) is 17.9. The van der Waals surface area contributed by atoms with Crippen LogP contribution in [0.2, 0.25) is 5.02 Å². The quantitative estimate of drug-likeness (QED) is 0.643. The number of benzene rings is 2. The molecule has 0 saturated carbocycles. The molecule has 0 aliphatic carbocycles. The summed E-state index contributed by atoms with van der Waals surface area (Å²) in [6, 6.07) is 15.0. The van der Waals surface area contributed by atoms with Crippen LogP contribution in [-0.4, -0.2) is 20.2 Å². The van der Waals surface area contributed by atoms with E-state index in [0.29, 0.717) is 17.3 Å². The van der Waals surface area contributed by atoms with Crippen LogP contribution in [0.15, 0.2) is 53.4 Å². The largest absolute Gasteiger partial charge is 0.330 e. The summed E-state index contributed by atoms with van der Waals surface area (Å²) in [6.45, 7) is 2.54. The maximum absolute atomic E-state index is 11.1. The summed E-state index contributed by atoms with van der Waals surface area (Å²) in [5.41, 5.74) is 7.16. The monoisotopic (exact) mass is 384 g/mol. The van der Waals surface area contributed by atoms with Gasteiger partial charge in [-0.3, -0.25) is 9.11 Å². The van der Waals surface area contributed by atoms with Crippen molar-refractivity contribution in [2.45, 2.75) is 22.8 Å². The maximum atomic E-state index is 11.1. The number of halogens is 1. The van der Waals surface area contributed by atoms with E-state index in [-0.39, 0.29) is 10.5 Å². The van der Waals surface area contributed by atoms with Gasteiger partial charge >= 0.3 is 0 Å². The van der Waals surface area contributed by atoms with Gasteiger partial charge in [-0.2, -0.15) is 0 Å². The summed E-state index contributed by atoms with van der Waals surface area (Å²) in [4.78, 5) is 1.03. The van der Waals surface area contributed by atoms with Gasteiger partial charge in [-0.05, 0) is 49.2 Å². The zero-order valence-corrected chi connectivity index (χ0v) is 15.7. The predicted molar refractivity (Wildman–Crippen MR) is 105 cm³/mol. The van der Waals surface area contributed by atoms with Gasteiger partial charge in [-0.15, -0.1) is 10.8 Å². The second-order valence-electron chi connectivity index (χ2n) is 5.84. The number of para-hydroxylation sites is 1. The topological polar surface area (TPSA) is 69.7 Å². The van der Waals surface area contributed by atoms with E-state index < -0.39 is 10.8 Å². The lowest BCUT2D eigenvalue weighted by Crippen LogP contribution is -2.37. The van der Waals surface area contributed by atoms with E-state index in [1.807, 2.05) is 43.3 Å². The van der Waals surface area contributed by atoms with Crippen molar-refractivity contribution in [3.8, 4) is 0 Å². The zero-order chi connectivity index (χ0) is 17.3. The van der Waals surface area contributed by atoms with Crippen LogP contribution < -0.4 is 10.0 Å². The Morgan fingerprint density at radius 2 is 2.00 bits per heavy atom. The number of hydrogen-bond donors (Lipinski definition) is 3. The molecule has 130 valence electrons. The van der Waals surface area contributed by atoms with E-state index in [1.165, 1.54) is 11.8 Å². The SMILES string of the molecule is CC(CCN)C1Sc2ccccc2N(c2cccc(Cl)c2)S1(O)O. The standard InChI is InChI=1S/C17H21ClN2O2S2/c1-12(9-10-19)17-23-16-8-3-2-7-15(16)20(24(17,21)22)14-6-4-5-13(18)11-14/h2-8,11-12,17,21-22H,9-10,19H2,1H3. The molecule has 1 heterocycles. The molecule has 24 heavy (non-hydrogen) atoms. The molecule has 7 heteroatoms. The Hall–Kier alpha value is -0.890. The second-order valence-corrected chi connectivity index (χ2v) is 9.76. The summed E-state index contributed by atoms with van der Waals surface area (Å²) in [6.07, 6.45) is 0.735. The molecule has 0 saturated heterocycles. The molecule has 2 atom stereocenters. The predicted octanol–water partition coefficient (Wildman–Crippen LogP) is 5.56. The van der Waals surface area contributed by atoms with Crippen LogP contribution >= 0.6 is 34.1 Å². The van der Waals surface area contributed by atoms with Crippen LogP contribution in [0.1, 0.15) is 13.3 Å². The number of fused-ring (bicyclic) bond motifs is 1. The van der Waals surface area contributed by atoms with Crippen molar-refractivity contribution in [2.75, 3.05) is 10.8 Å². The minimum absolute atomic E-state index is 0.0695. The number of rotatable bonds is 4. The molecule has 0 fully saturated rings. The first-order chi connectivity index (χ1) is 11.4. The van der Waals surface area contributed by atoms with E-state index in [0.717, 1.165) is 17.0 Å². The zero-order valence-electron chi connectivity index (χ0n) is 13.3. The van der Waals surface area contributed by atoms with Crippen molar-refractivity contribution in [3.63, 3.8) is 0 Å². The highest BCUT2D eigenvalue weighted by molar-refractivity contribution is 8.34. The summed E-state index contributed by atoms with van der Waals surface area (Å²) in [5, 5.41) is 0.560. The molecule has 0 radical (unpaired) electrons. The summed E-state index contributed by atoms with van der Waals surface area (Å²) >= 11 is 7.65. The van der Waals surface area contributed by atoms with E-state index in [4.69, 9.17) is 17.3 Å². The number of hydrogen-bond acceptors (Lipinski definition) is 5. The van der Waals surface area contributed by atoms with Crippen molar-refractivity contribution < 1.29 is 9.11 Å². The van der Waals surface area contributed by atoms with Gasteiger partial charge in [-0.25, -0.2) is 4.31 Å². The molecule has 2 aromatic carbocycles. The van der Waals surface area contributed by atoms with Crippen LogP contribution in [0, 0.1) is 5.92 Å². The minimum Gasteiger partial charge on any atom is -0.330 e. The van der Waals surface area contributed by atoms with E-state index in [9.17, 15) is 9.11 Å². The average Bonchev–Trinajstić information content (AvgIpc) is 2.53. The lowest BCUT2D eigenvalue weighted by molar-refractivity contribution is 0.456. The molecule has 3 rings (SSSR count). The minimum atomic E-state index is -3.09. The molecule has 0 amide bonds. The highest BCUT2D eigenvalue weighted by Crippen LogP contribution is 2.66. The third-order valence-electron chi connectivity index (χ3n) is 4.04. The molecular weight excluding hydrogens is 364 g/mol. The van der Waals surface area contributed by atoms with Crippen molar-refractivity contribution in [1.29, 1.82) is 0 Å².